The molecular formula is C12H24N2O. The van der Waals surface area contributed by atoms with Crippen LogP contribution in [0.1, 0.15) is 27.2 Å². The van der Waals surface area contributed by atoms with E-state index in [0.29, 0.717) is 17.6 Å². The normalized spacial score (nSPS) is 43.4. The lowest BCUT2D eigenvalue weighted by molar-refractivity contribution is -0.0600. The van der Waals surface area contributed by atoms with Gasteiger partial charge in [-0.2, -0.15) is 0 Å². The first-order valence-electron chi connectivity index (χ1n) is 6.15. The first-order valence-corrected chi connectivity index (χ1v) is 6.15. The summed E-state index contributed by atoms with van der Waals surface area (Å²) in [6, 6.07) is 0.582. The Morgan fingerprint density at radius 3 is 2.93 bits per heavy atom. The molecule has 1 N–H and O–H groups in total. The van der Waals surface area contributed by atoms with E-state index in [1.54, 1.807) is 0 Å². The van der Waals surface area contributed by atoms with E-state index >= 15 is 0 Å². The van der Waals surface area contributed by atoms with Crippen molar-refractivity contribution in [3.05, 3.63) is 0 Å². The highest BCUT2D eigenvalue weighted by Gasteiger charge is 2.34. The first-order chi connectivity index (χ1) is 7.09. The van der Waals surface area contributed by atoms with Gasteiger partial charge in [0.2, 0.25) is 0 Å². The minimum Gasteiger partial charge on any atom is -0.376 e. The molecule has 2 fully saturated rings. The van der Waals surface area contributed by atoms with E-state index in [0.717, 1.165) is 13.2 Å². The van der Waals surface area contributed by atoms with Gasteiger partial charge in [-0.05, 0) is 32.2 Å². The highest BCUT2D eigenvalue weighted by molar-refractivity contribution is 4.89. The maximum Gasteiger partial charge on any atom is 0.0674 e. The van der Waals surface area contributed by atoms with Gasteiger partial charge in [-0.3, -0.25) is 4.90 Å². The fraction of sp³-hybridized carbons (Fsp3) is 1.00. The molecule has 0 aromatic rings. The zero-order valence-corrected chi connectivity index (χ0v) is 10.3. The minimum absolute atomic E-state index is 0.402. The van der Waals surface area contributed by atoms with Crippen LogP contribution in [0, 0.1) is 5.41 Å². The Morgan fingerprint density at radius 1 is 1.47 bits per heavy atom. The SMILES string of the molecule is CC1CN(CC2(C)CCNC2)C(C)CO1. The quantitative estimate of drug-likeness (QED) is 0.742. The Bertz CT molecular complexity index is 214. The summed E-state index contributed by atoms with van der Waals surface area (Å²) in [6.07, 6.45) is 1.71. The predicted molar refractivity (Wildman–Crippen MR) is 62.0 cm³/mol. The maximum atomic E-state index is 5.66. The zero-order chi connectivity index (χ0) is 10.9. The van der Waals surface area contributed by atoms with Crippen LogP contribution in [0.5, 0.6) is 0 Å². The van der Waals surface area contributed by atoms with E-state index in [9.17, 15) is 0 Å². The summed E-state index contributed by atoms with van der Waals surface area (Å²) in [5.74, 6) is 0. The van der Waals surface area contributed by atoms with Crippen molar-refractivity contribution in [2.75, 3.05) is 32.8 Å². The summed E-state index contributed by atoms with van der Waals surface area (Å²) >= 11 is 0. The molecule has 0 aromatic carbocycles. The number of rotatable bonds is 2. The molecule has 0 spiro atoms. The number of hydrogen-bond acceptors (Lipinski definition) is 3. The summed E-state index contributed by atoms with van der Waals surface area (Å²) in [7, 11) is 0. The number of morpholine rings is 1. The van der Waals surface area contributed by atoms with Gasteiger partial charge in [-0.25, -0.2) is 0 Å². The zero-order valence-electron chi connectivity index (χ0n) is 10.3. The third kappa shape index (κ3) is 2.71. The van der Waals surface area contributed by atoms with Crippen molar-refractivity contribution in [1.29, 1.82) is 0 Å². The molecule has 3 nitrogen and oxygen atoms in total. The molecule has 0 saturated carbocycles. The standard InChI is InChI=1S/C12H24N2O/c1-10-7-15-11(2)6-14(10)9-12(3)4-5-13-8-12/h10-11,13H,4-9H2,1-3H3. The van der Waals surface area contributed by atoms with Crippen LogP contribution in [0.4, 0.5) is 0 Å². The van der Waals surface area contributed by atoms with Gasteiger partial charge >= 0.3 is 0 Å². The second-order valence-electron chi connectivity index (χ2n) is 5.66. The molecule has 2 rings (SSSR count). The smallest absolute Gasteiger partial charge is 0.0674 e. The first kappa shape index (κ1) is 11.4. The summed E-state index contributed by atoms with van der Waals surface area (Å²) in [4.78, 5) is 2.60. The molecule has 0 aromatic heterocycles. The molecule has 0 radical (unpaired) electrons. The van der Waals surface area contributed by atoms with Gasteiger partial charge in [0.25, 0.3) is 0 Å². The van der Waals surface area contributed by atoms with Crippen molar-refractivity contribution in [2.45, 2.75) is 39.3 Å². The molecule has 0 aliphatic carbocycles. The maximum absolute atomic E-state index is 5.66. The number of ether oxygens (including phenoxy) is 1. The van der Waals surface area contributed by atoms with E-state index in [4.69, 9.17) is 4.74 Å². The van der Waals surface area contributed by atoms with Gasteiger partial charge in [0.15, 0.2) is 0 Å². The Kier molecular flexibility index (Phi) is 3.33. The van der Waals surface area contributed by atoms with Gasteiger partial charge in [0.1, 0.15) is 0 Å². The molecule has 2 heterocycles. The third-order valence-electron chi connectivity index (χ3n) is 3.78. The summed E-state index contributed by atoms with van der Waals surface area (Å²) in [5, 5.41) is 3.47. The van der Waals surface area contributed by atoms with Crippen LogP contribution in [-0.2, 0) is 4.74 Å². The third-order valence-corrected chi connectivity index (χ3v) is 3.78. The lowest BCUT2D eigenvalue weighted by Crippen LogP contribution is -2.51. The monoisotopic (exact) mass is 212 g/mol. The lowest BCUT2D eigenvalue weighted by atomic mass is 9.88. The fourth-order valence-corrected chi connectivity index (χ4v) is 2.69. The van der Waals surface area contributed by atoms with Crippen LogP contribution in [-0.4, -0.2) is 49.8 Å². The summed E-state index contributed by atoms with van der Waals surface area (Å²) < 4.78 is 5.66. The van der Waals surface area contributed by atoms with Gasteiger partial charge in [0, 0.05) is 25.7 Å². The largest absolute Gasteiger partial charge is 0.376 e. The van der Waals surface area contributed by atoms with E-state index in [2.05, 4.69) is 31.0 Å². The Balaban J connectivity index is 1.91. The van der Waals surface area contributed by atoms with Crippen molar-refractivity contribution in [2.24, 2.45) is 5.41 Å². The molecule has 3 atom stereocenters. The molecule has 88 valence electrons. The van der Waals surface area contributed by atoms with Crippen LogP contribution in [0.2, 0.25) is 0 Å². The second kappa shape index (κ2) is 4.40. The number of nitrogens with one attached hydrogen (secondary N) is 1. The van der Waals surface area contributed by atoms with Crippen LogP contribution in [0.15, 0.2) is 0 Å². The van der Waals surface area contributed by atoms with E-state index in [1.165, 1.54) is 26.1 Å². The van der Waals surface area contributed by atoms with Gasteiger partial charge in [-0.15, -0.1) is 0 Å². The lowest BCUT2D eigenvalue weighted by Gasteiger charge is -2.41. The highest BCUT2D eigenvalue weighted by atomic mass is 16.5. The van der Waals surface area contributed by atoms with Crippen molar-refractivity contribution in [3.8, 4) is 0 Å². The second-order valence-corrected chi connectivity index (χ2v) is 5.66. The van der Waals surface area contributed by atoms with E-state index in [1.807, 2.05) is 0 Å². The van der Waals surface area contributed by atoms with Crippen molar-refractivity contribution < 1.29 is 4.74 Å². The highest BCUT2D eigenvalue weighted by Crippen LogP contribution is 2.27. The molecule has 0 bridgehead atoms. The summed E-state index contributed by atoms with van der Waals surface area (Å²) in [5.41, 5.74) is 0.477. The van der Waals surface area contributed by atoms with Gasteiger partial charge in [-0.1, -0.05) is 6.92 Å². The molecule has 3 unspecified atom stereocenters. The molecular weight excluding hydrogens is 188 g/mol. The Labute approximate surface area is 93.2 Å². The van der Waals surface area contributed by atoms with Crippen LogP contribution < -0.4 is 5.32 Å². The molecule has 0 amide bonds. The molecule has 2 aliphatic heterocycles. The predicted octanol–water partition coefficient (Wildman–Crippen LogP) is 1.10. The van der Waals surface area contributed by atoms with Crippen molar-refractivity contribution in [3.63, 3.8) is 0 Å². The average Bonchev–Trinajstić information content (AvgIpc) is 2.59. The Morgan fingerprint density at radius 2 is 2.27 bits per heavy atom. The van der Waals surface area contributed by atoms with Crippen LogP contribution in [0.25, 0.3) is 0 Å². The van der Waals surface area contributed by atoms with Crippen LogP contribution >= 0.6 is 0 Å². The minimum atomic E-state index is 0.402. The number of hydrogen-bond donors (Lipinski definition) is 1. The fourth-order valence-electron chi connectivity index (χ4n) is 2.69. The molecule has 15 heavy (non-hydrogen) atoms. The number of nitrogens with zero attached hydrogens (tertiary/aromatic N) is 1. The Hall–Kier alpha value is -0.120. The molecule has 2 saturated heterocycles. The van der Waals surface area contributed by atoms with Crippen molar-refractivity contribution >= 4 is 0 Å². The van der Waals surface area contributed by atoms with Gasteiger partial charge in [0.05, 0.1) is 12.7 Å². The van der Waals surface area contributed by atoms with E-state index in [-0.39, 0.29) is 0 Å². The van der Waals surface area contributed by atoms with Crippen molar-refractivity contribution in [1.82, 2.24) is 10.2 Å². The van der Waals surface area contributed by atoms with E-state index < -0.39 is 0 Å². The molecule has 2 aliphatic rings. The van der Waals surface area contributed by atoms with Crippen LogP contribution in [0.3, 0.4) is 0 Å². The van der Waals surface area contributed by atoms with Gasteiger partial charge < -0.3 is 10.1 Å². The molecule has 3 heteroatoms. The topological polar surface area (TPSA) is 24.5 Å². The average molecular weight is 212 g/mol. The summed E-state index contributed by atoms with van der Waals surface area (Å²) in [6.45, 7) is 12.4.